The van der Waals surface area contributed by atoms with Crippen molar-refractivity contribution in [2.75, 3.05) is 9.80 Å². The number of anilines is 2. The number of aromatic hydroxyl groups is 2. The third kappa shape index (κ3) is 3.89. The minimum atomic E-state index is -1.35. The van der Waals surface area contributed by atoms with Crippen LogP contribution in [0.2, 0.25) is 0 Å². The summed E-state index contributed by atoms with van der Waals surface area (Å²) in [6.45, 7) is 1.77. The fourth-order valence-electron chi connectivity index (χ4n) is 8.83. The van der Waals surface area contributed by atoms with Gasteiger partial charge in [0, 0.05) is 17.5 Å². The molecule has 4 aliphatic rings. The number of hydrogen-bond donors (Lipinski definition) is 3. The zero-order valence-corrected chi connectivity index (χ0v) is 25.7. The van der Waals surface area contributed by atoms with Gasteiger partial charge in [0.25, 0.3) is 0 Å². The molecule has 2 aliphatic heterocycles. The molecule has 10 nitrogen and oxygen atoms in total. The molecule has 0 radical (unpaired) electrons. The van der Waals surface area contributed by atoms with E-state index in [4.69, 9.17) is 0 Å². The maximum atomic E-state index is 14.7. The number of carboxylic acids is 1. The predicted octanol–water partition coefficient (Wildman–Crippen LogP) is 5.38. The first-order valence-electron chi connectivity index (χ1n) is 15.8. The fraction of sp³-hybridized carbons (Fsp3) is 0.237. The van der Waals surface area contributed by atoms with Crippen molar-refractivity contribution in [3.05, 3.63) is 108 Å². The van der Waals surface area contributed by atoms with Crippen molar-refractivity contribution >= 4 is 51.7 Å². The second-order valence-electron chi connectivity index (χ2n) is 13.2. The topological polar surface area (TPSA) is 153 Å². The number of phenols is 2. The molecule has 1 saturated carbocycles. The molecule has 4 aromatic rings. The van der Waals surface area contributed by atoms with E-state index in [2.05, 4.69) is 0 Å². The van der Waals surface area contributed by atoms with Crippen LogP contribution >= 0.6 is 0 Å². The van der Waals surface area contributed by atoms with Crippen LogP contribution in [0.15, 0.2) is 96.6 Å². The third-order valence-electron chi connectivity index (χ3n) is 11.0. The van der Waals surface area contributed by atoms with Crippen molar-refractivity contribution in [1.82, 2.24) is 0 Å². The van der Waals surface area contributed by atoms with Crippen LogP contribution in [0.1, 0.15) is 41.6 Å². The Morgan fingerprint density at radius 3 is 2.23 bits per heavy atom. The lowest BCUT2D eigenvalue weighted by Gasteiger charge is -2.49. The second kappa shape index (κ2) is 10.4. The zero-order chi connectivity index (χ0) is 33.6. The second-order valence-corrected chi connectivity index (χ2v) is 13.2. The van der Waals surface area contributed by atoms with E-state index in [1.165, 1.54) is 11.0 Å². The van der Waals surface area contributed by atoms with Crippen LogP contribution in [0.4, 0.5) is 11.4 Å². The van der Waals surface area contributed by atoms with Crippen LogP contribution in [-0.2, 0) is 19.2 Å². The van der Waals surface area contributed by atoms with Crippen molar-refractivity contribution in [1.29, 1.82) is 0 Å². The lowest BCUT2D eigenvalue weighted by molar-refractivity contribution is -0.131. The van der Waals surface area contributed by atoms with E-state index in [9.17, 15) is 39.3 Å². The summed E-state index contributed by atoms with van der Waals surface area (Å²) >= 11 is 0. The van der Waals surface area contributed by atoms with E-state index in [0.29, 0.717) is 16.6 Å². The van der Waals surface area contributed by atoms with Crippen molar-refractivity contribution < 1.29 is 39.3 Å². The van der Waals surface area contributed by atoms with Gasteiger partial charge in [0.2, 0.25) is 23.6 Å². The Morgan fingerprint density at radius 1 is 0.771 bits per heavy atom. The molecule has 4 amide bonds. The maximum absolute atomic E-state index is 14.7. The Morgan fingerprint density at radius 2 is 1.50 bits per heavy atom. The number of carbonyl (C=O) groups is 5. The molecule has 240 valence electrons. The Kier molecular flexibility index (Phi) is 6.40. The molecule has 48 heavy (non-hydrogen) atoms. The highest BCUT2D eigenvalue weighted by Crippen LogP contribution is 2.65. The molecule has 8 rings (SSSR count). The SMILES string of the molecule is CC12C(=O)N(c3ccccc3)C(=O)C1CC1C(=CCC3C(=O)N(c4ccc(C(=O)O)c(O)c4)C(=O)C31)C2c1c(O)ccc2ccccc12. The number of benzene rings is 4. The Balaban J connectivity index is 1.30. The van der Waals surface area contributed by atoms with Crippen molar-refractivity contribution in [3.8, 4) is 11.5 Å². The highest BCUT2D eigenvalue weighted by molar-refractivity contribution is 6.25. The van der Waals surface area contributed by atoms with E-state index in [1.54, 1.807) is 49.4 Å². The van der Waals surface area contributed by atoms with Gasteiger partial charge in [-0.2, -0.15) is 0 Å². The summed E-state index contributed by atoms with van der Waals surface area (Å²) in [5.74, 6) is -7.71. The number of carboxylic acid groups (broad SMARTS) is 1. The van der Waals surface area contributed by atoms with Crippen LogP contribution in [0.5, 0.6) is 11.5 Å². The van der Waals surface area contributed by atoms with E-state index >= 15 is 0 Å². The number of hydrogen-bond acceptors (Lipinski definition) is 7. The summed E-state index contributed by atoms with van der Waals surface area (Å²) in [5, 5.41) is 32.8. The average molecular weight is 643 g/mol. The summed E-state index contributed by atoms with van der Waals surface area (Å²) in [7, 11) is 0. The van der Waals surface area contributed by atoms with Gasteiger partial charge in [0.1, 0.15) is 17.1 Å². The first-order chi connectivity index (χ1) is 23.0. The molecular formula is C38H30N2O8. The molecule has 3 fully saturated rings. The van der Waals surface area contributed by atoms with Crippen molar-refractivity contribution in [3.63, 3.8) is 0 Å². The monoisotopic (exact) mass is 642 g/mol. The van der Waals surface area contributed by atoms with Gasteiger partial charge in [-0.1, -0.05) is 60.2 Å². The number of fused-ring (bicyclic) bond motifs is 5. The molecule has 6 unspecified atom stereocenters. The predicted molar refractivity (Wildman–Crippen MR) is 174 cm³/mol. The number of carbonyl (C=O) groups excluding carboxylic acids is 4. The summed E-state index contributed by atoms with van der Waals surface area (Å²) in [6.07, 6.45) is 2.22. The molecule has 2 aliphatic carbocycles. The highest BCUT2D eigenvalue weighted by atomic mass is 16.4. The van der Waals surface area contributed by atoms with Crippen LogP contribution in [0, 0.1) is 29.1 Å². The molecule has 0 bridgehead atoms. The number of allylic oxidation sites excluding steroid dienone is 2. The number of rotatable bonds is 4. The maximum Gasteiger partial charge on any atom is 0.339 e. The smallest absolute Gasteiger partial charge is 0.339 e. The Labute approximate surface area is 274 Å². The van der Waals surface area contributed by atoms with Gasteiger partial charge in [-0.25, -0.2) is 14.6 Å². The summed E-state index contributed by atoms with van der Waals surface area (Å²) in [4.78, 5) is 71.0. The van der Waals surface area contributed by atoms with Crippen LogP contribution in [0.3, 0.4) is 0 Å². The van der Waals surface area contributed by atoms with Gasteiger partial charge in [-0.15, -0.1) is 0 Å². The third-order valence-corrected chi connectivity index (χ3v) is 11.0. The Bertz CT molecular complexity index is 2140. The minimum absolute atomic E-state index is 0.0368. The first-order valence-corrected chi connectivity index (χ1v) is 15.8. The normalized spacial score (nSPS) is 27.9. The molecule has 6 atom stereocenters. The zero-order valence-electron chi connectivity index (χ0n) is 25.7. The quantitative estimate of drug-likeness (QED) is 0.198. The van der Waals surface area contributed by atoms with Crippen molar-refractivity contribution in [2.45, 2.75) is 25.7 Å². The van der Waals surface area contributed by atoms with Gasteiger partial charge in [-0.3, -0.25) is 19.2 Å². The summed E-state index contributed by atoms with van der Waals surface area (Å²) < 4.78 is 0. The standard InChI is InChI=1S/C38H30N2O8/c1-38-27(34(44)40(37(38)48)20-8-3-2-4-9-20)18-26-23(32(38)31-22-10-6-5-7-19(22)11-16-28(31)41)14-15-25-30(26)35(45)39(33(25)43)21-12-13-24(36(46)47)29(42)17-21/h2-14,16-17,25-27,30,32,41-42H,15,18H2,1H3,(H,46,47). The molecule has 2 saturated heterocycles. The van der Waals surface area contributed by atoms with E-state index < -0.39 is 70.4 Å². The minimum Gasteiger partial charge on any atom is -0.508 e. The number of aromatic carboxylic acids is 1. The van der Waals surface area contributed by atoms with Crippen LogP contribution < -0.4 is 9.80 Å². The number of para-hydroxylation sites is 1. The van der Waals surface area contributed by atoms with Crippen molar-refractivity contribution in [2.24, 2.45) is 29.1 Å². The number of phenolic OH excluding ortho intramolecular Hbond substituents is 1. The number of amides is 4. The lowest BCUT2D eigenvalue weighted by atomic mass is 9.51. The largest absolute Gasteiger partial charge is 0.508 e. The van der Waals surface area contributed by atoms with Gasteiger partial charge < -0.3 is 15.3 Å². The van der Waals surface area contributed by atoms with Gasteiger partial charge >= 0.3 is 5.97 Å². The molecule has 2 heterocycles. The molecule has 3 N–H and O–H groups in total. The van der Waals surface area contributed by atoms with Crippen LogP contribution in [0.25, 0.3) is 10.8 Å². The van der Waals surface area contributed by atoms with Gasteiger partial charge in [0.15, 0.2) is 0 Å². The molecule has 4 aromatic carbocycles. The first kappa shape index (κ1) is 29.6. The average Bonchev–Trinajstić information content (AvgIpc) is 3.44. The number of nitrogens with zero attached hydrogens (tertiary/aromatic N) is 2. The molecule has 0 aromatic heterocycles. The Hall–Kier alpha value is -5.77. The number of imide groups is 2. The lowest BCUT2D eigenvalue weighted by Crippen LogP contribution is -2.49. The van der Waals surface area contributed by atoms with Gasteiger partial charge in [0.05, 0.1) is 34.5 Å². The summed E-state index contributed by atoms with van der Waals surface area (Å²) in [6, 6.07) is 23.1. The highest BCUT2D eigenvalue weighted by Gasteiger charge is 2.68. The van der Waals surface area contributed by atoms with E-state index in [0.717, 1.165) is 28.0 Å². The molecule has 10 heteroatoms. The summed E-state index contributed by atoms with van der Waals surface area (Å²) in [5.41, 5.74) is 0.0130. The van der Waals surface area contributed by atoms with E-state index in [-0.39, 0.29) is 29.8 Å². The van der Waals surface area contributed by atoms with Crippen LogP contribution in [-0.4, -0.2) is 44.9 Å². The fourth-order valence-corrected chi connectivity index (χ4v) is 8.83. The van der Waals surface area contributed by atoms with E-state index in [1.807, 2.05) is 30.3 Å². The van der Waals surface area contributed by atoms with Gasteiger partial charge in [-0.05, 0) is 66.8 Å². The molecular weight excluding hydrogens is 612 g/mol. The molecule has 0 spiro atoms.